The van der Waals surface area contributed by atoms with Crippen molar-refractivity contribution in [3.05, 3.63) is 0 Å². The number of alkyl halides is 1. The van der Waals surface area contributed by atoms with E-state index in [-0.39, 0.29) is 19.3 Å². The summed E-state index contributed by atoms with van der Waals surface area (Å²) in [7, 11) is 1.64. The van der Waals surface area contributed by atoms with Crippen molar-refractivity contribution in [2.75, 3.05) is 310 Å². The van der Waals surface area contributed by atoms with Gasteiger partial charge in [-0.1, -0.05) is 11.6 Å². The average molecular weight is 1110 g/mol. The molecule has 0 aliphatic rings. The molecule has 0 amide bonds. The molecule has 0 saturated heterocycles. The first kappa shape index (κ1) is 72.8. The third-order valence-corrected chi connectivity index (χ3v) is 8.79. The monoisotopic (exact) mass is 1110 g/mol. The fourth-order valence-corrected chi connectivity index (χ4v) is 5.14. The quantitative estimate of drug-likeness (QED) is 0.0464. The summed E-state index contributed by atoms with van der Waals surface area (Å²) in [6.07, 6.45) is 0. The van der Waals surface area contributed by atoms with Gasteiger partial charge in [0.25, 0.3) is 0 Å². The topological polar surface area (TPSA) is 239 Å². The van der Waals surface area contributed by atoms with Crippen molar-refractivity contribution in [2.24, 2.45) is 0 Å². The second kappa shape index (κ2) is 69.9. The number of methoxy groups -OCH3 is 1. The normalized spacial score (nSPS) is 11.6. The Labute approximate surface area is 445 Å². The van der Waals surface area contributed by atoms with E-state index in [4.69, 9.17) is 121 Å². The van der Waals surface area contributed by atoms with Crippen LogP contribution in [0.15, 0.2) is 0 Å². The summed E-state index contributed by atoms with van der Waals surface area (Å²) in [6, 6.07) is -0.187. The van der Waals surface area contributed by atoms with Crippen LogP contribution in [0, 0.1) is 0 Å². The van der Waals surface area contributed by atoms with Gasteiger partial charge in [-0.2, -0.15) is 0 Å². The Morgan fingerprint density at radius 2 is 0.338 bits per heavy atom. The van der Waals surface area contributed by atoms with E-state index in [2.05, 4.69) is 4.74 Å². The minimum atomic E-state index is -0.510. The van der Waals surface area contributed by atoms with E-state index in [0.717, 1.165) is 0 Å². The lowest BCUT2D eigenvalue weighted by Gasteiger charge is -2.09. The summed E-state index contributed by atoms with van der Waals surface area (Å²) in [5, 5.41) is 0. The lowest BCUT2D eigenvalue weighted by molar-refractivity contribution is -0.147. The molecule has 0 aliphatic heterocycles. The summed E-state index contributed by atoms with van der Waals surface area (Å²) < 4.78 is 129. The van der Waals surface area contributed by atoms with E-state index in [1.165, 1.54) is 0 Å². The Hall–Kier alpha value is -1.16. The van der Waals surface area contributed by atoms with E-state index < -0.39 is 5.97 Å². The van der Waals surface area contributed by atoms with Gasteiger partial charge >= 0.3 is 5.97 Å². The fraction of sp³-hybridized carbons (Fsp3) is 0.979. The molecular weight excluding hydrogens is 1010 g/mol. The largest absolute Gasteiger partial charge is 0.448 e. The van der Waals surface area contributed by atoms with E-state index in [9.17, 15) is 4.79 Å². The Morgan fingerprint density at radius 3 is 0.459 bits per heavy atom. The maximum absolute atomic E-state index is 11.0. The highest BCUT2D eigenvalue weighted by atomic mass is 35.5. The number of rotatable bonds is 69. The highest BCUT2D eigenvalue weighted by molar-refractivity contribution is 6.17. The van der Waals surface area contributed by atoms with Gasteiger partial charge in [0.2, 0.25) is 0 Å². The second-order valence-electron chi connectivity index (χ2n) is 14.5. The number of hydrogen-bond acceptors (Lipinski definition) is 25. The van der Waals surface area contributed by atoms with Crippen molar-refractivity contribution in [2.45, 2.75) is 0 Å². The van der Waals surface area contributed by atoms with Crippen LogP contribution in [0.5, 0.6) is 0 Å². The summed E-state index contributed by atoms with van der Waals surface area (Å²) in [6.45, 7) is 21.1. The molecule has 0 atom stereocenters. The van der Waals surface area contributed by atoms with Crippen LogP contribution in [0.25, 0.3) is 0 Å². The average Bonchev–Trinajstić information content (AvgIpc) is 3.40. The molecule has 0 bridgehead atoms. The Morgan fingerprint density at radius 1 is 0.216 bits per heavy atom. The van der Waals surface area contributed by atoms with Gasteiger partial charge in [-0.05, 0) is 0 Å². The molecule has 0 aromatic rings. The molecule has 444 valence electrons. The SMILES string of the molecule is COCCOCCOCCOCCOCCOCCOCCOCCOCCOCCOCCOCCOCCOCCOCCOCCOCCOCCOCCOCCOCCOCCOCC(=O)OCCl. The molecule has 0 aromatic carbocycles. The standard InChI is InChI=1S/C48H95ClO25/c1-51-2-3-52-4-5-53-6-7-54-8-9-55-10-11-56-12-13-57-14-15-58-16-17-59-18-19-60-20-21-61-22-23-62-24-25-63-26-27-64-28-29-65-30-31-66-32-33-67-34-35-68-36-37-69-38-39-70-40-41-71-42-43-72-44-45-73-46-48(50)74-47-49/h2-47H2,1H3. The zero-order chi connectivity index (χ0) is 53.1. The number of halogens is 1. The molecule has 0 fully saturated rings. The number of hydrogen-bond donors (Lipinski definition) is 0. The van der Waals surface area contributed by atoms with Gasteiger partial charge in [-0.25, -0.2) is 4.79 Å². The van der Waals surface area contributed by atoms with Gasteiger partial charge in [0, 0.05) is 7.11 Å². The van der Waals surface area contributed by atoms with Gasteiger partial charge < -0.3 is 114 Å². The number of ether oxygens (including phenoxy) is 24. The Kier molecular flexibility index (Phi) is 68.8. The first-order valence-electron chi connectivity index (χ1n) is 25.7. The van der Waals surface area contributed by atoms with E-state index in [0.29, 0.717) is 284 Å². The molecule has 0 unspecified atom stereocenters. The number of carbonyl (C=O) groups excluding carboxylic acids is 1. The van der Waals surface area contributed by atoms with Crippen LogP contribution in [0.1, 0.15) is 0 Å². The van der Waals surface area contributed by atoms with Crippen molar-refractivity contribution in [1.29, 1.82) is 0 Å². The van der Waals surface area contributed by atoms with Crippen LogP contribution in [0.3, 0.4) is 0 Å². The summed E-state index contributed by atoms with van der Waals surface area (Å²) in [4.78, 5) is 11.0. The van der Waals surface area contributed by atoms with Crippen LogP contribution in [0.4, 0.5) is 0 Å². The molecule has 0 radical (unpaired) electrons. The molecule has 25 nitrogen and oxygen atoms in total. The molecule has 0 aliphatic carbocycles. The van der Waals surface area contributed by atoms with Crippen molar-refractivity contribution in [3.63, 3.8) is 0 Å². The van der Waals surface area contributed by atoms with Gasteiger partial charge in [0.1, 0.15) is 6.61 Å². The minimum Gasteiger partial charge on any atom is -0.448 e. The molecule has 0 aromatic heterocycles. The van der Waals surface area contributed by atoms with Crippen LogP contribution in [-0.2, 0) is 118 Å². The predicted octanol–water partition coefficient (Wildman–Crippen LogP) is 0.737. The zero-order valence-corrected chi connectivity index (χ0v) is 45.4. The Balaban J connectivity index is 3.08. The Bertz CT molecular complexity index is 1020. The maximum Gasteiger partial charge on any atom is 0.333 e. The molecule has 26 heteroatoms. The van der Waals surface area contributed by atoms with Crippen LogP contribution < -0.4 is 0 Å². The van der Waals surface area contributed by atoms with Gasteiger partial charge in [-0.3, -0.25) is 0 Å². The summed E-state index contributed by atoms with van der Waals surface area (Å²) >= 11 is 5.28. The van der Waals surface area contributed by atoms with E-state index in [1.54, 1.807) is 7.11 Å². The number of carbonyl (C=O) groups is 1. The van der Waals surface area contributed by atoms with E-state index >= 15 is 0 Å². The van der Waals surface area contributed by atoms with Crippen molar-refractivity contribution in [3.8, 4) is 0 Å². The highest BCUT2D eigenvalue weighted by Crippen LogP contribution is 1.91. The lowest BCUT2D eigenvalue weighted by atomic mass is 10.6. The molecule has 0 heterocycles. The minimum absolute atomic E-state index is 0.151. The van der Waals surface area contributed by atoms with Gasteiger partial charge in [0.05, 0.1) is 291 Å². The maximum atomic E-state index is 11.0. The third-order valence-electron chi connectivity index (χ3n) is 8.68. The summed E-state index contributed by atoms with van der Waals surface area (Å²) in [5.41, 5.74) is 0. The van der Waals surface area contributed by atoms with Gasteiger partial charge in [-0.15, -0.1) is 0 Å². The molecule has 0 spiro atoms. The molecular formula is C48H95ClO25. The molecule has 0 N–H and O–H groups in total. The molecule has 0 rings (SSSR count). The van der Waals surface area contributed by atoms with Crippen molar-refractivity contribution >= 4 is 17.6 Å². The first-order valence-corrected chi connectivity index (χ1v) is 26.3. The van der Waals surface area contributed by atoms with Crippen LogP contribution in [0.2, 0.25) is 0 Å². The van der Waals surface area contributed by atoms with E-state index in [1.807, 2.05) is 0 Å². The first-order chi connectivity index (χ1) is 36.8. The smallest absolute Gasteiger partial charge is 0.333 e. The third kappa shape index (κ3) is 68.9. The molecule has 74 heavy (non-hydrogen) atoms. The highest BCUT2D eigenvalue weighted by Gasteiger charge is 2.02. The van der Waals surface area contributed by atoms with Crippen molar-refractivity contribution < 1.29 is 118 Å². The predicted molar refractivity (Wildman–Crippen MR) is 267 cm³/mol. The number of esters is 1. The summed E-state index contributed by atoms with van der Waals surface area (Å²) in [5.74, 6) is -0.510. The molecule has 0 saturated carbocycles. The van der Waals surface area contributed by atoms with Gasteiger partial charge in [0.15, 0.2) is 6.07 Å². The lowest BCUT2D eigenvalue weighted by Crippen LogP contribution is -2.16. The van der Waals surface area contributed by atoms with Crippen LogP contribution in [-0.4, -0.2) is 316 Å². The van der Waals surface area contributed by atoms with Crippen LogP contribution >= 0.6 is 11.6 Å². The zero-order valence-electron chi connectivity index (χ0n) is 44.6. The fourth-order valence-electron chi connectivity index (χ4n) is 5.02. The van der Waals surface area contributed by atoms with Crippen molar-refractivity contribution in [1.82, 2.24) is 0 Å². The second-order valence-corrected chi connectivity index (χ2v) is 14.7.